The molecule has 0 saturated carbocycles. The topological polar surface area (TPSA) is 69.9 Å². The minimum absolute atomic E-state index is 0.195. The standard InChI is InChI=1S/C35H24Cl2I2N2O4S/c1-2-44-34(43)29-30(22-9-5-3-6-10-22)40-35-41(31(29)23-11-7-4-8-12-23)33(42)28(46-35)18-21-16-26(38)32(27(39)17-21)45-19-20-13-14-24(36)25(37)15-20/h3-18,31H,2,19H2,1H3/b28-18-/t31-/m0/s1. The van der Waals surface area contributed by atoms with E-state index in [1.807, 2.05) is 84.9 Å². The number of aromatic nitrogens is 1. The molecular weight excluding hydrogens is 869 g/mol. The number of halogens is 4. The van der Waals surface area contributed by atoms with Gasteiger partial charge in [0.2, 0.25) is 0 Å². The lowest BCUT2D eigenvalue weighted by Gasteiger charge is -2.25. The van der Waals surface area contributed by atoms with Gasteiger partial charge in [-0.25, -0.2) is 9.79 Å². The van der Waals surface area contributed by atoms with Crippen LogP contribution in [0, 0.1) is 7.14 Å². The summed E-state index contributed by atoms with van der Waals surface area (Å²) in [6, 6.07) is 27.7. The minimum Gasteiger partial charge on any atom is -0.487 e. The summed E-state index contributed by atoms with van der Waals surface area (Å²) >= 11 is 18.0. The summed E-state index contributed by atoms with van der Waals surface area (Å²) < 4.78 is 15.6. The molecule has 1 aliphatic rings. The number of esters is 1. The highest BCUT2D eigenvalue weighted by Gasteiger charge is 2.35. The van der Waals surface area contributed by atoms with Gasteiger partial charge in [-0.15, -0.1) is 0 Å². The maximum absolute atomic E-state index is 14.2. The van der Waals surface area contributed by atoms with Gasteiger partial charge in [-0.05, 0) is 99.1 Å². The number of hydrogen-bond donors (Lipinski definition) is 0. The normalized spacial score (nSPS) is 14.5. The SMILES string of the molecule is CCOC(=O)C1=C(c2ccccc2)N=c2s/c(=C\c3cc(I)c(OCc4ccc(Cl)c(Cl)c4)c(I)c3)c(=O)n2[C@H]1c1ccccc1. The van der Waals surface area contributed by atoms with Crippen LogP contribution in [0.1, 0.15) is 35.2 Å². The van der Waals surface area contributed by atoms with Crippen molar-refractivity contribution in [3.63, 3.8) is 0 Å². The second-order valence-corrected chi connectivity index (χ2v) is 14.3. The quantitative estimate of drug-likeness (QED) is 0.117. The lowest BCUT2D eigenvalue weighted by Crippen LogP contribution is -2.40. The van der Waals surface area contributed by atoms with Gasteiger partial charge in [0.25, 0.3) is 5.56 Å². The molecule has 1 aromatic heterocycles. The molecule has 6 nitrogen and oxygen atoms in total. The van der Waals surface area contributed by atoms with Gasteiger partial charge < -0.3 is 9.47 Å². The zero-order valence-electron chi connectivity index (χ0n) is 24.2. The van der Waals surface area contributed by atoms with E-state index in [0.29, 0.717) is 37.3 Å². The van der Waals surface area contributed by atoms with Crippen LogP contribution in [0.25, 0.3) is 11.8 Å². The van der Waals surface area contributed by atoms with E-state index in [4.69, 9.17) is 37.7 Å². The molecule has 46 heavy (non-hydrogen) atoms. The van der Waals surface area contributed by atoms with Crippen molar-refractivity contribution in [2.45, 2.75) is 19.6 Å². The number of benzene rings is 4. The molecule has 0 N–H and O–H groups in total. The predicted octanol–water partition coefficient (Wildman–Crippen LogP) is 8.03. The van der Waals surface area contributed by atoms with E-state index in [9.17, 15) is 9.59 Å². The van der Waals surface area contributed by atoms with Crippen molar-refractivity contribution < 1.29 is 14.3 Å². The summed E-state index contributed by atoms with van der Waals surface area (Å²) in [5, 5.41) is 0.969. The molecule has 0 spiro atoms. The molecule has 1 aliphatic heterocycles. The van der Waals surface area contributed by atoms with Crippen molar-refractivity contribution in [1.82, 2.24) is 4.57 Å². The van der Waals surface area contributed by atoms with Crippen molar-refractivity contribution >= 4 is 97.5 Å². The molecule has 0 bridgehead atoms. The fourth-order valence-corrected chi connectivity index (χ4v) is 8.58. The Balaban J connectivity index is 1.45. The van der Waals surface area contributed by atoms with Crippen molar-refractivity contribution in [1.29, 1.82) is 0 Å². The van der Waals surface area contributed by atoms with E-state index in [1.54, 1.807) is 23.6 Å². The fraction of sp³-hybridized carbons (Fsp3) is 0.114. The molecule has 1 atom stereocenters. The number of thiazole rings is 1. The molecule has 0 radical (unpaired) electrons. The van der Waals surface area contributed by atoms with Gasteiger partial charge in [0, 0.05) is 5.56 Å². The van der Waals surface area contributed by atoms with Crippen molar-refractivity contribution in [2.75, 3.05) is 6.61 Å². The maximum Gasteiger partial charge on any atom is 0.338 e. The van der Waals surface area contributed by atoms with Crippen molar-refractivity contribution in [3.8, 4) is 5.75 Å². The van der Waals surface area contributed by atoms with Crippen LogP contribution in [0.5, 0.6) is 5.75 Å². The maximum atomic E-state index is 14.2. The van der Waals surface area contributed by atoms with Crippen molar-refractivity contribution in [2.24, 2.45) is 4.99 Å². The van der Waals surface area contributed by atoms with E-state index in [0.717, 1.165) is 35.1 Å². The summed E-state index contributed by atoms with van der Waals surface area (Å²) in [5.74, 6) is 0.232. The molecule has 0 saturated heterocycles. The van der Waals surface area contributed by atoms with Crippen LogP contribution in [0.3, 0.4) is 0 Å². The first-order chi connectivity index (χ1) is 22.2. The molecule has 4 aromatic carbocycles. The molecule has 5 aromatic rings. The molecule has 6 rings (SSSR count). The second kappa shape index (κ2) is 14.4. The van der Waals surface area contributed by atoms with Gasteiger partial charge in [0.1, 0.15) is 12.4 Å². The zero-order chi connectivity index (χ0) is 32.4. The summed E-state index contributed by atoms with van der Waals surface area (Å²) in [4.78, 5) is 33.2. The van der Waals surface area contributed by atoms with Crippen LogP contribution in [0.2, 0.25) is 10.0 Å². The van der Waals surface area contributed by atoms with E-state index in [1.165, 1.54) is 11.3 Å². The number of ether oxygens (including phenoxy) is 2. The highest BCUT2D eigenvalue weighted by atomic mass is 127. The lowest BCUT2D eigenvalue weighted by atomic mass is 9.93. The van der Waals surface area contributed by atoms with Gasteiger partial charge in [0.05, 0.1) is 45.6 Å². The average Bonchev–Trinajstić information content (AvgIpc) is 3.36. The summed E-state index contributed by atoms with van der Waals surface area (Å²) in [5.41, 5.74) is 3.87. The molecule has 11 heteroatoms. The fourth-order valence-electron chi connectivity index (χ4n) is 5.13. The van der Waals surface area contributed by atoms with Gasteiger partial charge in [-0.2, -0.15) is 0 Å². The Bertz CT molecular complexity index is 2140. The summed E-state index contributed by atoms with van der Waals surface area (Å²) in [6.45, 7) is 2.29. The summed E-state index contributed by atoms with van der Waals surface area (Å²) in [6.07, 6.45) is 1.86. The summed E-state index contributed by atoms with van der Waals surface area (Å²) in [7, 11) is 0. The zero-order valence-corrected chi connectivity index (χ0v) is 30.8. The number of hydrogen-bond acceptors (Lipinski definition) is 6. The largest absolute Gasteiger partial charge is 0.487 e. The smallest absolute Gasteiger partial charge is 0.338 e. The predicted molar refractivity (Wildman–Crippen MR) is 200 cm³/mol. The number of carbonyl (C=O) groups excluding carboxylic acids is 1. The average molecular weight is 893 g/mol. The van der Waals surface area contributed by atoms with Crippen LogP contribution in [0.4, 0.5) is 0 Å². The van der Waals surface area contributed by atoms with Crippen LogP contribution in [-0.4, -0.2) is 17.1 Å². The van der Waals surface area contributed by atoms with E-state index >= 15 is 0 Å². The van der Waals surface area contributed by atoms with Crippen molar-refractivity contribution in [3.05, 3.63) is 156 Å². The Morgan fingerprint density at radius 2 is 1.63 bits per heavy atom. The van der Waals surface area contributed by atoms with E-state index in [2.05, 4.69) is 45.2 Å². The Kier molecular flexibility index (Phi) is 10.3. The third kappa shape index (κ3) is 6.84. The molecule has 2 heterocycles. The number of fused-ring (bicyclic) bond motifs is 1. The highest BCUT2D eigenvalue weighted by Crippen LogP contribution is 2.35. The van der Waals surface area contributed by atoms with Crippen LogP contribution in [-0.2, 0) is 16.1 Å². The van der Waals surface area contributed by atoms with Gasteiger partial charge >= 0.3 is 5.97 Å². The van der Waals surface area contributed by atoms with E-state index in [-0.39, 0.29) is 12.2 Å². The first-order valence-electron chi connectivity index (χ1n) is 14.1. The third-order valence-electron chi connectivity index (χ3n) is 7.17. The molecule has 0 aliphatic carbocycles. The third-order valence-corrected chi connectivity index (χ3v) is 10.5. The Labute approximate surface area is 306 Å². The molecular formula is C35H24Cl2I2N2O4S. The molecule has 0 amide bonds. The minimum atomic E-state index is -0.716. The second-order valence-electron chi connectivity index (χ2n) is 10.2. The van der Waals surface area contributed by atoms with Gasteiger partial charge in [-0.1, -0.05) is 101 Å². The van der Waals surface area contributed by atoms with E-state index < -0.39 is 12.0 Å². The molecule has 232 valence electrons. The number of carbonyl (C=O) groups is 1. The first kappa shape index (κ1) is 33.0. The highest BCUT2D eigenvalue weighted by molar-refractivity contribution is 14.1. The van der Waals surface area contributed by atoms with Gasteiger partial charge in [0.15, 0.2) is 4.80 Å². The van der Waals surface area contributed by atoms with Crippen LogP contribution in [0.15, 0.2) is 106 Å². The van der Waals surface area contributed by atoms with Gasteiger partial charge in [-0.3, -0.25) is 9.36 Å². The molecule has 0 unspecified atom stereocenters. The number of nitrogens with zero attached hydrogens (tertiary/aromatic N) is 2. The van der Waals surface area contributed by atoms with Crippen LogP contribution < -0.4 is 19.6 Å². The Morgan fingerprint density at radius 3 is 2.28 bits per heavy atom. The Morgan fingerprint density at radius 1 is 0.957 bits per heavy atom. The number of rotatable bonds is 8. The molecule has 0 fully saturated rings. The lowest BCUT2D eigenvalue weighted by molar-refractivity contribution is -0.138. The Hall–Kier alpha value is -2.97. The monoisotopic (exact) mass is 892 g/mol. The van der Waals surface area contributed by atoms with Crippen LogP contribution >= 0.6 is 79.7 Å². The first-order valence-corrected chi connectivity index (χ1v) is 17.9.